The number of aromatic nitrogens is 3. The normalized spacial score (nSPS) is 15.2. The van der Waals surface area contributed by atoms with E-state index in [-0.39, 0.29) is 18.5 Å². The Kier molecular flexibility index (Phi) is 5.30. The Balaban J connectivity index is 1.74. The van der Waals surface area contributed by atoms with Crippen molar-refractivity contribution in [1.82, 2.24) is 20.1 Å². The third-order valence-electron chi connectivity index (χ3n) is 4.38. The highest BCUT2D eigenvalue weighted by molar-refractivity contribution is 7.71. The molecule has 1 heterocycles. The SMILES string of the molecule is COc1ccc(-c2n[nH]c(=S)n2CC(=O)NC2CCCCC2)cc1. The van der Waals surface area contributed by atoms with Crippen LogP contribution in [0.2, 0.25) is 0 Å². The lowest BCUT2D eigenvalue weighted by atomic mass is 9.95. The molecule has 0 aliphatic heterocycles. The lowest BCUT2D eigenvalue weighted by Gasteiger charge is -2.22. The minimum atomic E-state index is -0.0193. The molecule has 3 rings (SSSR count). The summed E-state index contributed by atoms with van der Waals surface area (Å²) >= 11 is 5.28. The first kappa shape index (κ1) is 16.7. The largest absolute Gasteiger partial charge is 0.497 e. The summed E-state index contributed by atoms with van der Waals surface area (Å²) < 4.78 is 7.35. The predicted molar refractivity (Wildman–Crippen MR) is 94.4 cm³/mol. The van der Waals surface area contributed by atoms with E-state index in [2.05, 4.69) is 15.5 Å². The van der Waals surface area contributed by atoms with Crippen molar-refractivity contribution in [3.05, 3.63) is 29.0 Å². The van der Waals surface area contributed by atoms with E-state index < -0.39 is 0 Å². The van der Waals surface area contributed by atoms with Crippen molar-refractivity contribution in [3.63, 3.8) is 0 Å². The van der Waals surface area contributed by atoms with Gasteiger partial charge >= 0.3 is 0 Å². The van der Waals surface area contributed by atoms with E-state index >= 15 is 0 Å². The van der Waals surface area contributed by atoms with Crippen LogP contribution in [0.4, 0.5) is 0 Å². The van der Waals surface area contributed by atoms with Crippen molar-refractivity contribution in [2.75, 3.05) is 7.11 Å². The number of nitrogens with one attached hydrogen (secondary N) is 2. The van der Waals surface area contributed by atoms with E-state index in [1.165, 1.54) is 19.3 Å². The maximum absolute atomic E-state index is 12.4. The molecule has 7 heteroatoms. The second-order valence-electron chi connectivity index (χ2n) is 6.07. The monoisotopic (exact) mass is 346 g/mol. The fourth-order valence-corrected chi connectivity index (χ4v) is 3.29. The molecule has 24 heavy (non-hydrogen) atoms. The fourth-order valence-electron chi connectivity index (χ4n) is 3.09. The fraction of sp³-hybridized carbons (Fsp3) is 0.471. The van der Waals surface area contributed by atoms with Crippen molar-refractivity contribution in [1.29, 1.82) is 0 Å². The van der Waals surface area contributed by atoms with Gasteiger partial charge < -0.3 is 10.1 Å². The van der Waals surface area contributed by atoms with Crippen LogP contribution in [0.3, 0.4) is 0 Å². The molecule has 128 valence electrons. The topological polar surface area (TPSA) is 71.9 Å². The number of rotatable bonds is 5. The van der Waals surface area contributed by atoms with Crippen molar-refractivity contribution in [2.24, 2.45) is 0 Å². The second kappa shape index (κ2) is 7.61. The zero-order valence-electron chi connectivity index (χ0n) is 13.7. The number of amides is 1. The maximum Gasteiger partial charge on any atom is 0.240 e. The summed E-state index contributed by atoms with van der Waals surface area (Å²) in [5.41, 5.74) is 0.883. The van der Waals surface area contributed by atoms with Crippen LogP contribution in [-0.4, -0.2) is 33.8 Å². The van der Waals surface area contributed by atoms with E-state index in [1.54, 1.807) is 11.7 Å². The molecule has 1 aromatic carbocycles. The summed E-state index contributed by atoms with van der Waals surface area (Å²) in [6.45, 7) is 0.174. The number of hydrogen-bond acceptors (Lipinski definition) is 4. The molecular formula is C17H22N4O2S. The summed E-state index contributed by atoms with van der Waals surface area (Å²) in [5.74, 6) is 1.41. The average molecular weight is 346 g/mol. The van der Waals surface area contributed by atoms with Gasteiger partial charge in [-0.25, -0.2) is 0 Å². The van der Waals surface area contributed by atoms with Crippen molar-refractivity contribution in [3.8, 4) is 17.1 Å². The number of H-pyrrole nitrogens is 1. The van der Waals surface area contributed by atoms with Gasteiger partial charge in [-0.2, -0.15) is 5.10 Å². The Morgan fingerprint density at radius 2 is 2.04 bits per heavy atom. The number of carbonyl (C=O) groups excluding carboxylic acids is 1. The van der Waals surface area contributed by atoms with Gasteiger partial charge in [0.1, 0.15) is 12.3 Å². The van der Waals surface area contributed by atoms with Gasteiger partial charge in [-0.3, -0.25) is 14.5 Å². The van der Waals surface area contributed by atoms with Crippen LogP contribution in [0.15, 0.2) is 24.3 Å². The van der Waals surface area contributed by atoms with Crippen LogP contribution >= 0.6 is 12.2 Å². The number of carbonyl (C=O) groups is 1. The van der Waals surface area contributed by atoms with E-state index in [9.17, 15) is 4.79 Å². The van der Waals surface area contributed by atoms with Gasteiger partial charge in [0.15, 0.2) is 10.6 Å². The summed E-state index contributed by atoms with van der Waals surface area (Å²) in [7, 11) is 1.63. The maximum atomic E-state index is 12.4. The molecular weight excluding hydrogens is 324 g/mol. The van der Waals surface area contributed by atoms with Crippen LogP contribution in [0.5, 0.6) is 5.75 Å². The van der Waals surface area contributed by atoms with Gasteiger partial charge in [-0.1, -0.05) is 19.3 Å². The minimum absolute atomic E-state index is 0.0193. The van der Waals surface area contributed by atoms with Crippen molar-refractivity contribution < 1.29 is 9.53 Å². The predicted octanol–water partition coefficient (Wildman–Crippen LogP) is 3.07. The number of hydrogen-bond donors (Lipinski definition) is 2. The Bertz CT molecular complexity index is 745. The number of aromatic amines is 1. The summed E-state index contributed by atoms with van der Waals surface area (Å²) in [6, 6.07) is 7.81. The second-order valence-corrected chi connectivity index (χ2v) is 6.46. The molecule has 0 atom stereocenters. The molecule has 1 aromatic heterocycles. The molecule has 2 N–H and O–H groups in total. The molecule has 0 saturated heterocycles. The number of ether oxygens (including phenoxy) is 1. The van der Waals surface area contributed by atoms with Crippen LogP contribution in [0.25, 0.3) is 11.4 Å². The van der Waals surface area contributed by atoms with Crippen LogP contribution in [0.1, 0.15) is 32.1 Å². The van der Waals surface area contributed by atoms with Gasteiger partial charge in [0.2, 0.25) is 5.91 Å². The number of benzene rings is 1. The first-order valence-electron chi connectivity index (χ1n) is 8.26. The molecule has 1 fully saturated rings. The van der Waals surface area contributed by atoms with Gasteiger partial charge in [-0.15, -0.1) is 0 Å². The third kappa shape index (κ3) is 3.84. The van der Waals surface area contributed by atoms with Crippen molar-refractivity contribution >= 4 is 18.1 Å². The van der Waals surface area contributed by atoms with Gasteiger partial charge in [0.05, 0.1) is 7.11 Å². The quantitative estimate of drug-likeness (QED) is 0.816. The molecule has 1 amide bonds. The van der Waals surface area contributed by atoms with Gasteiger partial charge in [0, 0.05) is 11.6 Å². The van der Waals surface area contributed by atoms with Crippen LogP contribution in [0, 0.1) is 4.77 Å². The third-order valence-corrected chi connectivity index (χ3v) is 4.69. The highest BCUT2D eigenvalue weighted by atomic mass is 32.1. The lowest BCUT2D eigenvalue weighted by Crippen LogP contribution is -2.38. The lowest BCUT2D eigenvalue weighted by molar-refractivity contribution is -0.122. The highest BCUT2D eigenvalue weighted by Crippen LogP contribution is 2.21. The smallest absolute Gasteiger partial charge is 0.240 e. The Morgan fingerprint density at radius 3 is 2.71 bits per heavy atom. The first-order chi connectivity index (χ1) is 11.7. The molecule has 0 unspecified atom stereocenters. The van der Waals surface area contributed by atoms with E-state index in [4.69, 9.17) is 17.0 Å². The van der Waals surface area contributed by atoms with E-state index in [1.807, 2.05) is 24.3 Å². The van der Waals surface area contributed by atoms with E-state index in [0.29, 0.717) is 10.6 Å². The summed E-state index contributed by atoms with van der Waals surface area (Å²) in [5, 5.41) is 10.2. The molecule has 0 bridgehead atoms. The standard InChI is InChI=1S/C17H22N4O2S/c1-23-14-9-7-12(8-10-14)16-19-20-17(24)21(16)11-15(22)18-13-5-3-2-4-6-13/h7-10,13H,2-6,11H2,1H3,(H,18,22)(H,20,24). The Morgan fingerprint density at radius 1 is 1.33 bits per heavy atom. The molecule has 0 radical (unpaired) electrons. The van der Waals surface area contributed by atoms with Crippen molar-refractivity contribution in [2.45, 2.75) is 44.7 Å². The molecule has 6 nitrogen and oxygen atoms in total. The number of nitrogens with zero attached hydrogens (tertiary/aromatic N) is 2. The van der Waals surface area contributed by atoms with Crippen LogP contribution in [-0.2, 0) is 11.3 Å². The average Bonchev–Trinajstić information content (AvgIpc) is 2.96. The molecule has 2 aromatic rings. The van der Waals surface area contributed by atoms with E-state index in [0.717, 1.165) is 24.2 Å². The Hall–Kier alpha value is -2.15. The highest BCUT2D eigenvalue weighted by Gasteiger charge is 2.17. The van der Waals surface area contributed by atoms with Gasteiger partial charge in [-0.05, 0) is 49.3 Å². The first-order valence-corrected chi connectivity index (χ1v) is 8.67. The minimum Gasteiger partial charge on any atom is -0.497 e. The number of methoxy groups -OCH3 is 1. The molecule has 1 aliphatic carbocycles. The molecule has 1 aliphatic rings. The summed E-state index contributed by atoms with van der Waals surface area (Å²) in [4.78, 5) is 12.4. The molecule has 1 saturated carbocycles. The van der Waals surface area contributed by atoms with Crippen LogP contribution < -0.4 is 10.1 Å². The zero-order chi connectivity index (χ0) is 16.9. The summed E-state index contributed by atoms with van der Waals surface area (Å²) in [6.07, 6.45) is 5.77. The van der Waals surface area contributed by atoms with Gasteiger partial charge in [0.25, 0.3) is 0 Å². The Labute approximate surface area is 146 Å². The molecule has 0 spiro atoms. The zero-order valence-corrected chi connectivity index (χ0v) is 14.6.